The van der Waals surface area contributed by atoms with Gasteiger partial charge in [0.15, 0.2) is 5.82 Å². The van der Waals surface area contributed by atoms with Gasteiger partial charge < -0.3 is 0 Å². The molecule has 0 saturated carbocycles. The summed E-state index contributed by atoms with van der Waals surface area (Å²) in [6, 6.07) is 8.72. The Labute approximate surface area is 108 Å². The smallest absolute Gasteiger partial charge is 0.158 e. The molecule has 1 atom stereocenters. The Balaban J connectivity index is 1.92. The Morgan fingerprint density at radius 1 is 1.33 bits per heavy atom. The highest BCUT2D eigenvalue weighted by Crippen LogP contribution is 2.34. The van der Waals surface area contributed by atoms with E-state index in [-0.39, 0.29) is 0 Å². The van der Waals surface area contributed by atoms with E-state index in [9.17, 15) is 0 Å². The SMILES string of the molecule is CCCc1nc(C2CCCc3ccccc32)n[nH]1. The summed E-state index contributed by atoms with van der Waals surface area (Å²) < 4.78 is 0. The van der Waals surface area contributed by atoms with Gasteiger partial charge in [-0.05, 0) is 36.8 Å². The lowest BCUT2D eigenvalue weighted by molar-refractivity contribution is 0.592. The molecule has 94 valence electrons. The molecule has 0 spiro atoms. The molecule has 0 saturated heterocycles. The number of H-pyrrole nitrogens is 1. The van der Waals surface area contributed by atoms with Crippen LogP contribution in [0.5, 0.6) is 0 Å². The summed E-state index contributed by atoms with van der Waals surface area (Å²) in [5.74, 6) is 2.39. The molecule has 18 heavy (non-hydrogen) atoms. The molecule has 0 bridgehead atoms. The molecule has 1 aromatic heterocycles. The Bertz CT molecular complexity index is 530. The topological polar surface area (TPSA) is 41.6 Å². The lowest BCUT2D eigenvalue weighted by Gasteiger charge is -2.23. The number of benzene rings is 1. The van der Waals surface area contributed by atoms with Crippen LogP contribution in [0.1, 0.15) is 54.9 Å². The van der Waals surface area contributed by atoms with Crippen LogP contribution in [0.3, 0.4) is 0 Å². The summed E-state index contributed by atoms with van der Waals surface area (Å²) in [5.41, 5.74) is 2.89. The van der Waals surface area contributed by atoms with E-state index in [0.717, 1.165) is 24.5 Å². The first-order valence-electron chi connectivity index (χ1n) is 6.87. The lowest BCUT2D eigenvalue weighted by Crippen LogP contribution is -2.12. The third kappa shape index (κ3) is 2.05. The van der Waals surface area contributed by atoms with Crippen molar-refractivity contribution in [3.8, 4) is 0 Å². The summed E-state index contributed by atoms with van der Waals surface area (Å²) in [5, 5.41) is 7.49. The van der Waals surface area contributed by atoms with Crippen molar-refractivity contribution in [1.29, 1.82) is 0 Å². The standard InChI is InChI=1S/C15H19N3/c1-2-6-14-16-15(18-17-14)13-10-5-8-11-7-3-4-9-12(11)13/h3-4,7,9,13H,2,5-6,8,10H2,1H3,(H,16,17,18). The van der Waals surface area contributed by atoms with E-state index in [0.29, 0.717) is 5.92 Å². The fourth-order valence-electron chi connectivity index (χ4n) is 2.84. The second-order valence-corrected chi connectivity index (χ2v) is 5.03. The first kappa shape index (κ1) is 11.5. The minimum absolute atomic E-state index is 0.386. The number of nitrogens with zero attached hydrogens (tertiary/aromatic N) is 2. The average molecular weight is 241 g/mol. The van der Waals surface area contributed by atoms with Crippen LogP contribution in [0, 0.1) is 0 Å². The molecule has 1 unspecified atom stereocenters. The monoisotopic (exact) mass is 241 g/mol. The van der Waals surface area contributed by atoms with Crippen molar-refractivity contribution in [3.05, 3.63) is 47.0 Å². The first-order valence-corrected chi connectivity index (χ1v) is 6.87. The Morgan fingerprint density at radius 3 is 3.11 bits per heavy atom. The molecule has 1 aliphatic rings. The largest absolute Gasteiger partial charge is 0.263 e. The maximum atomic E-state index is 4.66. The van der Waals surface area contributed by atoms with E-state index < -0.39 is 0 Å². The van der Waals surface area contributed by atoms with E-state index >= 15 is 0 Å². The van der Waals surface area contributed by atoms with Crippen LogP contribution >= 0.6 is 0 Å². The van der Waals surface area contributed by atoms with Crippen molar-refractivity contribution >= 4 is 0 Å². The molecular weight excluding hydrogens is 222 g/mol. The quantitative estimate of drug-likeness (QED) is 0.896. The highest BCUT2D eigenvalue weighted by molar-refractivity contribution is 5.36. The Hall–Kier alpha value is -1.64. The van der Waals surface area contributed by atoms with Crippen LogP contribution in [0.4, 0.5) is 0 Å². The van der Waals surface area contributed by atoms with Gasteiger partial charge >= 0.3 is 0 Å². The normalized spacial score (nSPS) is 18.6. The van der Waals surface area contributed by atoms with Crippen LogP contribution in [0.2, 0.25) is 0 Å². The maximum Gasteiger partial charge on any atom is 0.158 e. The number of hydrogen-bond acceptors (Lipinski definition) is 2. The number of aryl methyl sites for hydroxylation is 2. The third-order valence-electron chi connectivity index (χ3n) is 3.72. The second kappa shape index (κ2) is 4.92. The third-order valence-corrected chi connectivity index (χ3v) is 3.72. The Morgan fingerprint density at radius 2 is 2.22 bits per heavy atom. The van der Waals surface area contributed by atoms with Gasteiger partial charge in [0.1, 0.15) is 5.82 Å². The zero-order valence-electron chi connectivity index (χ0n) is 10.8. The van der Waals surface area contributed by atoms with Crippen LogP contribution in [0.25, 0.3) is 0 Å². The summed E-state index contributed by atoms with van der Waals surface area (Å²) in [6.07, 6.45) is 5.69. The Kier molecular flexibility index (Phi) is 3.13. The minimum atomic E-state index is 0.386. The van der Waals surface area contributed by atoms with Crippen LogP contribution < -0.4 is 0 Å². The zero-order chi connectivity index (χ0) is 12.4. The number of aromatic amines is 1. The molecule has 0 aliphatic heterocycles. The van der Waals surface area contributed by atoms with Crippen molar-refractivity contribution in [3.63, 3.8) is 0 Å². The minimum Gasteiger partial charge on any atom is -0.263 e. The summed E-state index contributed by atoms with van der Waals surface area (Å²) >= 11 is 0. The van der Waals surface area contributed by atoms with Gasteiger partial charge in [-0.15, -0.1) is 0 Å². The molecule has 1 aromatic carbocycles. The predicted octanol–water partition coefficient (Wildman–Crippen LogP) is 3.23. The average Bonchev–Trinajstić information content (AvgIpc) is 2.87. The lowest BCUT2D eigenvalue weighted by atomic mass is 9.82. The van der Waals surface area contributed by atoms with Gasteiger partial charge in [-0.2, -0.15) is 5.10 Å². The molecule has 0 amide bonds. The van der Waals surface area contributed by atoms with Crippen LogP contribution in [0.15, 0.2) is 24.3 Å². The second-order valence-electron chi connectivity index (χ2n) is 5.03. The van der Waals surface area contributed by atoms with Gasteiger partial charge in [0.25, 0.3) is 0 Å². The predicted molar refractivity (Wildman–Crippen MR) is 71.6 cm³/mol. The number of fused-ring (bicyclic) bond motifs is 1. The van der Waals surface area contributed by atoms with E-state index in [4.69, 9.17) is 0 Å². The van der Waals surface area contributed by atoms with Gasteiger partial charge in [0, 0.05) is 12.3 Å². The van der Waals surface area contributed by atoms with E-state index in [1.165, 1.54) is 30.4 Å². The fourth-order valence-corrected chi connectivity index (χ4v) is 2.84. The van der Waals surface area contributed by atoms with Gasteiger partial charge in [-0.3, -0.25) is 5.10 Å². The number of nitrogens with one attached hydrogen (secondary N) is 1. The fraction of sp³-hybridized carbons (Fsp3) is 0.467. The number of rotatable bonds is 3. The molecule has 1 N–H and O–H groups in total. The van der Waals surface area contributed by atoms with Gasteiger partial charge in [-0.25, -0.2) is 4.98 Å². The van der Waals surface area contributed by atoms with E-state index in [1.807, 2.05) is 0 Å². The molecule has 1 heterocycles. The van der Waals surface area contributed by atoms with Gasteiger partial charge in [0.2, 0.25) is 0 Å². The summed E-state index contributed by atoms with van der Waals surface area (Å²) in [6.45, 7) is 2.16. The van der Waals surface area contributed by atoms with E-state index in [2.05, 4.69) is 46.4 Å². The molecule has 1 aliphatic carbocycles. The highest BCUT2D eigenvalue weighted by atomic mass is 15.2. The molecule has 0 radical (unpaired) electrons. The molecule has 2 aromatic rings. The van der Waals surface area contributed by atoms with Crippen molar-refractivity contribution in [2.24, 2.45) is 0 Å². The molecule has 3 rings (SSSR count). The summed E-state index contributed by atoms with van der Waals surface area (Å²) in [7, 11) is 0. The molecule has 0 fully saturated rings. The highest BCUT2D eigenvalue weighted by Gasteiger charge is 2.24. The summed E-state index contributed by atoms with van der Waals surface area (Å²) in [4.78, 5) is 4.66. The van der Waals surface area contributed by atoms with Crippen molar-refractivity contribution in [2.45, 2.75) is 44.9 Å². The molecule has 3 heteroatoms. The number of hydrogen-bond donors (Lipinski definition) is 1. The maximum absolute atomic E-state index is 4.66. The van der Waals surface area contributed by atoms with Gasteiger partial charge in [0.05, 0.1) is 0 Å². The first-order chi connectivity index (χ1) is 8.88. The van der Waals surface area contributed by atoms with Crippen molar-refractivity contribution in [1.82, 2.24) is 15.2 Å². The van der Waals surface area contributed by atoms with Crippen molar-refractivity contribution < 1.29 is 0 Å². The van der Waals surface area contributed by atoms with Gasteiger partial charge in [-0.1, -0.05) is 31.2 Å². The number of aromatic nitrogens is 3. The zero-order valence-corrected chi connectivity index (χ0v) is 10.8. The van der Waals surface area contributed by atoms with Crippen LogP contribution in [-0.2, 0) is 12.8 Å². The van der Waals surface area contributed by atoms with Crippen molar-refractivity contribution in [2.75, 3.05) is 0 Å². The van der Waals surface area contributed by atoms with E-state index in [1.54, 1.807) is 0 Å². The molecular formula is C15H19N3. The molecule has 3 nitrogen and oxygen atoms in total. The van der Waals surface area contributed by atoms with Crippen LogP contribution in [-0.4, -0.2) is 15.2 Å².